The van der Waals surface area contributed by atoms with Gasteiger partial charge in [-0.2, -0.15) is 13.2 Å². The maximum atomic E-state index is 13.9. The number of rotatable bonds is 19. The number of ether oxygens (including phenoxy) is 7. The predicted octanol–water partition coefficient (Wildman–Crippen LogP) is 2.32. The number of nitrogens with one attached hydrogen (secondary N) is 5. The molecule has 3 aliphatic rings. The van der Waals surface area contributed by atoms with Crippen LogP contribution in [0.15, 0.2) is 72.7 Å². The summed E-state index contributed by atoms with van der Waals surface area (Å²) in [4.78, 5) is 101. The van der Waals surface area contributed by atoms with Crippen LogP contribution in [0.3, 0.4) is 0 Å². The monoisotopic (exact) mass is 1160 g/mol. The molecule has 1 saturated carbocycles. The lowest BCUT2D eigenvalue weighted by Gasteiger charge is -2.52. The minimum Gasteiger partial charge on any atom is -0.491 e. The molecule has 81 heavy (non-hydrogen) atoms. The Morgan fingerprint density at radius 2 is 1.40 bits per heavy atom. The SMILES string of the molecule is C=C(C)OC(=O)N(C)[C@@H]1[C@@H](O)[C@@H](O[C@H]2[C@H](NC(=O)[C@H](O)CNC(=O)OC(C)(C)C)C[C@H](NC(=O)OCc3ccc([N+](=O)[O-])cc3)C([C@H]3OC(CNC(=O)C(F)(F)F)=CC[C@H]3NC(=O)OCc3ccc([N+](=O)[O-])cc3)[C@@H]2O)OC[C@]1(C)O. The van der Waals surface area contributed by atoms with Crippen molar-refractivity contribution in [2.24, 2.45) is 5.92 Å². The van der Waals surface area contributed by atoms with Gasteiger partial charge in [-0.05, 0) is 88.9 Å². The van der Waals surface area contributed by atoms with Crippen molar-refractivity contribution in [3.05, 3.63) is 104 Å². The second-order valence-corrected chi connectivity index (χ2v) is 20.2. The summed E-state index contributed by atoms with van der Waals surface area (Å²) in [6, 6.07) is 3.43. The lowest BCUT2D eigenvalue weighted by molar-refractivity contribution is -0.385. The Bertz CT molecular complexity index is 2660. The molecule has 0 spiro atoms. The number of carbonyl (C=O) groups is 6. The molecule has 2 aromatic rings. The molecule has 1 unspecified atom stereocenters. The molecule has 32 heteroatoms. The molecule has 0 bridgehead atoms. The van der Waals surface area contributed by atoms with Gasteiger partial charge in [0.05, 0.1) is 59.5 Å². The number of aliphatic hydroxyl groups is 4. The third kappa shape index (κ3) is 18.0. The summed E-state index contributed by atoms with van der Waals surface area (Å²) in [6.07, 6.45) is -21.7. The number of non-ortho nitro benzene ring substituents is 2. The fourth-order valence-corrected chi connectivity index (χ4v) is 8.91. The van der Waals surface area contributed by atoms with Gasteiger partial charge in [-0.1, -0.05) is 6.58 Å². The van der Waals surface area contributed by atoms with E-state index in [1.807, 2.05) is 0 Å². The van der Waals surface area contributed by atoms with E-state index in [-0.39, 0.29) is 40.4 Å². The first-order valence-corrected chi connectivity index (χ1v) is 24.7. The fraction of sp³-hybridized carbons (Fsp3) is 0.551. The molecule has 446 valence electrons. The molecule has 2 heterocycles. The number of nitrogens with zero attached hydrogens (tertiary/aromatic N) is 3. The number of likely N-dealkylation sites (N-methyl/N-ethyl adjacent to an activating group) is 1. The van der Waals surface area contributed by atoms with E-state index >= 15 is 0 Å². The van der Waals surface area contributed by atoms with Gasteiger partial charge in [0.25, 0.3) is 17.3 Å². The molecule has 2 fully saturated rings. The normalized spacial score (nSPS) is 25.9. The molecular weight excluding hydrogens is 1090 g/mol. The van der Waals surface area contributed by atoms with Gasteiger partial charge in [-0.25, -0.2) is 19.2 Å². The number of hydrogen-bond donors (Lipinski definition) is 9. The summed E-state index contributed by atoms with van der Waals surface area (Å²) in [5.74, 6) is -5.81. The van der Waals surface area contributed by atoms with Crippen LogP contribution >= 0.6 is 0 Å². The van der Waals surface area contributed by atoms with Crippen molar-refractivity contribution in [3.63, 3.8) is 0 Å². The Hall–Kier alpha value is -7.91. The third-order valence-electron chi connectivity index (χ3n) is 12.6. The smallest absolute Gasteiger partial charge is 0.471 e. The second kappa shape index (κ2) is 27.0. The van der Waals surface area contributed by atoms with Crippen molar-refractivity contribution in [2.75, 3.05) is 26.7 Å². The van der Waals surface area contributed by atoms with E-state index in [0.717, 1.165) is 36.2 Å². The summed E-state index contributed by atoms with van der Waals surface area (Å²) >= 11 is 0. The molecule has 6 amide bonds. The topological polar surface area (TPSA) is 398 Å². The summed E-state index contributed by atoms with van der Waals surface area (Å²) in [5.41, 5.74) is -3.09. The molecule has 5 rings (SSSR count). The van der Waals surface area contributed by atoms with Crippen LogP contribution in [-0.2, 0) is 56.0 Å². The van der Waals surface area contributed by atoms with E-state index < -0.39 is 170 Å². The van der Waals surface area contributed by atoms with Crippen molar-refractivity contribution in [1.82, 2.24) is 31.5 Å². The highest BCUT2D eigenvalue weighted by Gasteiger charge is 2.56. The lowest BCUT2D eigenvalue weighted by atomic mass is 9.72. The van der Waals surface area contributed by atoms with E-state index in [4.69, 9.17) is 33.2 Å². The van der Waals surface area contributed by atoms with Gasteiger partial charge in [-0.15, -0.1) is 0 Å². The van der Waals surface area contributed by atoms with E-state index in [0.29, 0.717) is 0 Å². The summed E-state index contributed by atoms with van der Waals surface area (Å²) in [7, 11) is 1.15. The highest BCUT2D eigenvalue weighted by atomic mass is 19.4. The van der Waals surface area contributed by atoms with Gasteiger partial charge >= 0.3 is 36.5 Å². The van der Waals surface area contributed by atoms with Crippen molar-refractivity contribution in [1.29, 1.82) is 0 Å². The van der Waals surface area contributed by atoms with Crippen LogP contribution < -0.4 is 26.6 Å². The number of carbonyl (C=O) groups excluding carboxylic acids is 6. The quantitative estimate of drug-likeness (QED) is 0.0422. The minimum absolute atomic E-state index is 0.0751. The van der Waals surface area contributed by atoms with Crippen molar-refractivity contribution >= 4 is 47.6 Å². The van der Waals surface area contributed by atoms with Gasteiger partial charge < -0.3 is 85.1 Å². The number of amides is 6. The number of nitro benzene ring substituents is 2. The zero-order valence-corrected chi connectivity index (χ0v) is 44.4. The average Bonchev–Trinajstić information content (AvgIpc) is 3.40. The van der Waals surface area contributed by atoms with E-state index in [9.17, 15) is 82.6 Å². The minimum atomic E-state index is -5.36. The van der Waals surface area contributed by atoms with E-state index in [1.54, 1.807) is 26.1 Å². The maximum Gasteiger partial charge on any atom is 0.471 e. The molecule has 1 saturated heterocycles. The summed E-state index contributed by atoms with van der Waals surface area (Å²) in [6.45, 7) is 7.29. The number of nitro groups is 2. The standard InChI is InChI=1S/C49H63F3N8O21/c1-24(2)78-46(69)58(7)39-36(63)41(77-23-48(39,6)70)80-38-32(55-40(64)33(61)20-54-43(66)81-47(3,4)5)18-31(57-45(68)76-22-26-10-14-28(15-11-26)60(73)74)34(35(38)62)37-30(17-16-29(79-37)19-53-42(65)49(50,51)52)56-44(67)75-21-25-8-12-27(13-9-25)59(71)72/h8-16,30-39,41,61-63,70H,1,17-23H2,2-7H3,(H,53,65)(H,54,66)(H,55,64)(H,56,67)(H,57,68)/t30-,31+,32-,33-,34?,35+,36-,37+,38+,39-,41-,48+/m1/s1. The molecule has 2 aromatic carbocycles. The van der Waals surface area contributed by atoms with Crippen LogP contribution in [0.4, 0.5) is 43.7 Å². The Balaban J connectivity index is 1.58. The average molecular weight is 1160 g/mol. The number of allylic oxidation sites excluding steroid dienone is 1. The van der Waals surface area contributed by atoms with Gasteiger partial charge in [0.2, 0.25) is 0 Å². The van der Waals surface area contributed by atoms with Crippen molar-refractivity contribution < 1.29 is 105 Å². The molecule has 29 nitrogen and oxygen atoms in total. The molecule has 9 N–H and O–H groups in total. The van der Waals surface area contributed by atoms with Gasteiger partial charge in [0, 0.05) is 43.3 Å². The highest BCUT2D eigenvalue weighted by Crippen LogP contribution is 2.39. The largest absolute Gasteiger partial charge is 0.491 e. The molecule has 0 radical (unpaired) electrons. The summed E-state index contributed by atoms with van der Waals surface area (Å²) in [5, 5.41) is 81.1. The predicted molar refractivity (Wildman–Crippen MR) is 267 cm³/mol. The van der Waals surface area contributed by atoms with Gasteiger partial charge in [0.1, 0.15) is 54.6 Å². The van der Waals surface area contributed by atoms with Crippen LogP contribution in [-0.4, -0.2) is 176 Å². The van der Waals surface area contributed by atoms with Crippen LogP contribution in [0.1, 0.15) is 58.6 Å². The van der Waals surface area contributed by atoms with Crippen LogP contribution in [0.5, 0.6) is 0 Å². The molecule has 12 atom stereocenters. The fourth-order valence-electron chi connectivity index (χ4n) is 8.91. The second-order valence-electron chi connectivity index (χ2n) is 20.2. The first-order chi connectivity index (χ1) is 37.7. The Morgan fingerprint density at radius 3 is 1.90 bits per heavy atom. The van der Waals surface area contributed by atoms with Crippen molar-refractivity contribution in [2.45, 2.75) is 139 Å². The van der Waals surface area contributed by atoms with Gasteiger partial charge in [0.15, 0.2) is 6.29 Å². The number of aliphatic hydroxyl groups excluding tert-OH is 3. The van der Waals surface area contributed by atoms with Crippen molar-refractivity contribution in [3.8, 4) is 0 Å². The van der Waals surface area contributed by atoms with Crippen LogP contribution in [0.2, 0.25) is 0 Å². The maximum absolute atomic E-state index is 13.9. The lowest BCUT2D eigenvalue weighted by Crippen LogP contribution is -2.71. The van der Waals surface area contributed by atoms with Crippen LogP contribution in [0.25, 0.3) is 0 Å². The third-order valence-corrected chi connectivity index (χ3v) is 12.6. The Morgan fingerprint density at radius 1 is 0.852 bits per heavy atom. The van der Waals surface area contributed by atoms with E-state index in [2.05, 4.69) is 27.8 Å². The number of halogens is 3. The molecular formula is C49H63F3N8O21. The Kier molecular flexibility index (Phi) is 21.3. The zero-order valence-electron chi connectivity index (χ0n) is 44.4. The van der Waals surface area contributed by atoms with Crippen LogP contribution in [0, 0.1) is 26.1 Å². The summed E-state index contributed by atoms with van der Waals surface area (Å²) < 4.78 is 79.6. The van der Waals surface area contributed by atoms with E-state index in [1.165, 1.54) is 44.2 Å². The molecule has 0 aromatic heterocycles. The van der Waals surface area contributed by atoms with Gasteiger partial charge in [-0.3, -0.25) is 29.8 Å². The number of hydrogen-bond acceptors (Lipinski definition) is 21. The number of alkyl halides is 3. The highest BCUT2D eigenvalue weighted by molar-refractivity contribution is 5.82. The molecule has 1 aliphatic carbocycles. The Labute approximate surface area is 459 Å². The first kappa shape index (κ1) is 63.9. The zero-order chi connectivity index (χ0) is 60.3. The first-order valence-electron chi connectivity index (χ1n) is 24.7. The number of benzene rings is 2. The molecule has 2 aliphatic heterocycles. The number of alkyl carbamates (subject to hydrolysis) is 3.